The molecule has 5 nitrogen and oxygen atoms in total. The van der Waals surface area contributed by atoms with Crippen LogP contribution < -0.4 is 4.74 Å². The van der Waals surface area contributed by atoms with E-state index < -0.39 is 4.92 Å². The third-order valence-corrected chi connectivity index (χ3v) is 4.86. The maximum Gasteiger partial charge on any atom is 0.271 e. The molecule has 1 heterocycles. The molecule has 3 rings (SSSR count). The van der Waals surface area contributed by atoms with E-state index in [0.717, 1.165) is 34.0 Å². The van der Waals surface area contributed by atoms with Gasteiger partial charge in [0.1, 0.15) is 10.8 Å². The highest BCUT2D eigenvalue weighted by atomic mass is 32.1. The summed E-state index contributed by atoms with van der Waals surface area (Å²) < 4.78 is 6.65. The fraction of sp³-hybridized carbons (Fsp3) is 0.250. The first-order valence-corrected chi connectivity index (χ1v) is 9.29. The summed E-state index contributed by atoms with van der Waals surface area (Å²) in [5.41, 5.74) is 1.76. The zero-order valence-corrected chi connectivity index (χ0v) is 15.5. The standard InChI is InChI=1S/C20H20N2O3S/c1-14(2)11-12-25-17-7-3-15(4-8-17)5-10-20-21-18-13-16(22(23)24)6-9-19(18)26-20/h3-10,13-14H,11-12H2,1-2H3/b10-5+. The predicted octanol–water partition coefficient (Wildman–Crippen LogP) is 5.80. The summed E-state index contributed by atoms with van der Waals surface area (Å²) >= 11 is 1.51. The van der Waals surface area contributed by atoms with Gasteiger partial charge in [-0.3, -0.25) is 10.1 Å². The minimum Gasteiger partial charge on any atom is -0.494 e. The van der Waals surface area contributed by atoms with E-state index in [1.807, 2.05) is 36.4 Å². The smallest absolute Gasteiger partial charge is 0.271 e. The van der Waals surface area contributed by atoms with Gasteiger partial charge in [-0.05, 0) is 42.2 Å². The molecule has 0 aliphatic rings. The molecular formula is C20H20N2O3S. The van der Waals surface area contributed by atoms with E-state index in [0.29, 0.717) is 11.4 Å². The van der Waals surface area contributed by atoms with Gasteiger partial charge < -0.3 is 4.74 Å². The predicted molar refractivity (Wildman–Crippen MR) is 107 cm³/mol. The molecule has 0 bridgehead atoms. The number of nitrogens with zero attached hydrogens (tertiary/aromatic N) is 2. The van der Waals surface area contributed by atoms with Crippen molar-refractivity contribution in [2.24, 2.45) is 5.92 Å². The van der Waals surface area contributed by atoms with Crippen molar-refractivity contribution in [2.75, 3.05) is 6.61 Å². The molecule has 0 aliphatic carbocycles. The van der Waals surface area contributed by atoms with Crippen LogP contribution in [0.3, 0.4) is 0 Å². The number of aromatic nitrogens is 1. The number of nitro groups is 1. The molecule has 6 heteroatoms. The number of hydrogen-bond acceptors (Lipinski definition) is 5. The van der Waals surface area contributed by atoms with Crippen LogP contribution in [0.15, 0.2) is 42.5 Å². The minimum absolute atomic E-state index is 0.0615. The number of rotatable bonds is 7. The van der Waals surface area contributed by atoms with E-state index in [2.05, 4.69) is 18.8 Å². The van der Waals surface area contributed by atoms with Gasteiger partial charge in [0.25, 0.3) is 5.69 Å². The molecule has 2 aromatic carbocycles. The van der Waals surface area contributed by atoms with E-state index in [4.69, 9.17) is 4.74 Å². The number of fused-ring (bicyclic) bond motifs is 1. The van der Waals surface area contributed by atoms with Crippen LogP contribution in [-0.2, 0) is 0 Å². The van der Waals surface area contributed by atoms with Gasteiger partial charge >= 0.3 is 0 Å². The number of non-ortho nitro benzene ring substituents is 1. The molecule has 26 heavy (non-hydrogen) atoms. The molecule has 0 fully saturated rings. The average molecular weight is 368 g/mol. The summed E-state index contributed by atoms with van der Waals surface area (Å²) in [6.07, 6.45) is 4.94. The fourth-order valence-electron chi connectivity index (χ4n) is 2.37. The van der Waals surface area contributed by atoms with Crippen molar-refractivity contribution in [3.63, 3.8) is 0 Å². The lowest BCUT2D eigenvalue weighted by Gasteiger charge is -2.07. The van der Waals surface area contributed by atoms with E-state index in [9.17, 15) is 10.1 Å². The Balaban J connectivity index is 1.67. The van der Waals surface area contributed by atoms with Crippen molar-refractivity contribution in [1.82, 2.24) is 4.98 Å². The van der Waals surface area contributed by atoms with Crippen LogP contribution in [0.2, 0.25) is 0 Å². The van der Waals surface area contributed by atoms with Crippen LogP contribution in [0.4, 0.5) is 5.69 Å². The molecule has 0 unspecified atom stereocenters. The molecular weight excluding hydrogens is 348 g/mol. The lowest BCUT2D eigenvalue weighted by Crippen LogP contribution is -2.01. The van der Waals surface area contributed by atoms with Gasteiger partial charge in [0.2, 0.25) is 0 Å². The van der Waals surface area contributed by atoms with Gasteiger partial charge in [-0.25, -0.2) is 4.98 Å². The Kier molecular flexibility index (Phi) is 5.63. The largest absolute Gasteiger partial charge is 0.494 e. The molecule has 0 atom stereocenters. The number of ether oxygens (including phenoxy) is 1. The first kappa shape index (κ1) is 18.1. The second kappa shape index (κ2) is 8.10. The van der Waals surface area contributed by atoms with Gasteiger partial charge in [0.05, 0.1) is 21.7 Å². The minimum atomic E-state index is -0.404. The van der Waals surface area contributed by atoms with Gasteiger partial charge in [0, 0.05) is 12.1 Å². The van der Waals surface area contributed by atoms with Crippen LogP contribution in [-0.4, -0.2) is 16.5 Å². The van der Waals surface area contributed by atoms with Crippen molar-refractivity contribution in [2.45, 2.75) is 20.3 Å². The Bertz CT molecular complexity index is 930. The second-order valence-corrected chi connectivity index (χ2v) is 7.46. The average Bonchev–Trinajstić information content (AvgIpc) is 3.02. The molecule has 0 saturated heterocycles. The van der Waals surface area contributed by atoms with Crippen molar-refractivity contribution >= 4 is 39.4 Å². The Hall–Kier alpha value is -2.73. The Labute approximate surface area is 156 Å². The number of nitro benzene ring substituents is 1. The van der Waals surface area contributed by atoms with E-state index in [1.165, 1.54) is 23.5 Å². The third kappa shape index (κ3) is 4.67. The Morgan fingerprint density at radius 3 is 2.65 bits per heavy atom. The quantitative estimate of drug-likeness (QED) is 0.390. The molecule has 0 radical (unpaired) electrons. The molecule has 3 aromatic rings. The normalized spacial score (nSPS) is 11.5. The SMILES string of the molecule is CC(C)CCOc1ccc(/C=C/c2nc3cc([N+](=O)[O-])ccc3s2)cc1. The van der Waals surface area contributed by atoms with Gasteiger partial charge in [-0.1, -0.05) is 32.1 Å². The zero-order valence-electron chi connectivity index (χ0n) is 14.7. The summed E-state index contributed by atoms with van der Waals surface area (Å²) in [7, 11) is 0. The monoisotopic (exact) mass is 368 g/mol. The van der Waals surface area contributed by atoms with E-state index in [1.54, 1.807) is 6.07 Å². The summed E-state index contributed by atoms with van der Waals surface area (Å²) in [5.74, 6) is 1.50. The van der Waals surface area contributed by atoms with Crippen molar-refractivity contribution < 1.29 is 9.66 Å². The van der Waals surface area contributed by atoms with E-state index >= 15 is 0 Å². The highest BCUT2D eigenvalue weighted by Crippen LogP contribution is 2.27. The van der Waals surface area contributed by atoms with Crippen LogP contribution in [0, 0.1) is 16.0 Å². The van der Waals surface area contributed by atoms with Gasteiger partial charge in [-0.15, -0.1) is 11.3 Å². The highest BCUT2D eigenvalue weighted by Gasteiger charge is 2.09. The van der Waals surface area contributed by atoms with Crippen molar-refractivity contribution in [3.05, 3.63) is 63.1 Å². The third-order valence-electron chi connectivity index (χ3n) is 3.86. The Morgan fingerprint density at radius 1 is 1.19 bits per heavy atom. The van der Waals surface area contributed by atoms with Gasteiger partial charge in [-0.2, -0.15) is 0 Å². The number of hydrogen-bond donors (Lipinski definition) is 0. The number of benzene rings is 2. The van der Waals surface area contributed by atoms with Gasteiger partial charge in [0.15, 0.2) is 0 Å². The fourth-order valence-corrected chi connectivity index (χ4v) is 3.22. The summed E-state index contributed by atoms with van der Waals surface area (Å²) in [6.45, 7) is 5.08. The van der Waals surface area contributed by atoms with Crippen LogP contribution >= 0.6 is 11.3 Å². The first-order chi connectivity index (χ1) is 12.5. The number of thiazole rings is 1. The topological polar surface area (TPSA) is 65.3 Å². The lowest BCUT2D eigenvalue weighted by atomic mass is 10.1. The van der Waals surface area contributed by atoms with Crippen molar-refractivity contribution in [3.8, 4) is 5.75 Å². The van der Waals surface area contributed by atoms with Crippen LogP contribution in [0.1, 0.15) is 30.8 Å². The lowest BCUT2D eigenvalue weighted by molar-refractivity contribution is -0.384. The molecule has 1 aromatic heterocycles. The molecule has 134 valence electrons. The van der Waals surface area contributed by atoms with Crippen molar-refractivity contribution in [1.29, 1.82) is 0 Å². The summed E-state index contributed by atoms with van der Waals surface area (Å²) in [5, 5.41) is 11.7. The molecule has 0 spiro atoms. The van der Waals surface area contributed by atoms with Crippen LogP contribution in [0.5, 0.6) is 5.75 Å². The Morgan fingerprint density at radius 2 is 1.96 bits per heavy atom. The zero-order chi connectivity index (χ0) is 18.5. The first-order valence-electron chi connectivity index (χ1n) is 8.47. The molecule has 0 saturated carbocycles. The molecule has 0 N–H and O–H groups in total. The summed E-state index contributed by atoms with van der Waals surface area (Å²) in [6, 6.07) is 12.7. The van der Waals surface area contributed by atoms with E-state index in [-0.39, 0.29) is 5.69 Å². The summed E-state index contributed by atoms with van der Waals surface area (Å²) in [4.78, 5) is 14.9. The maximum atomic E-state index is 10.8. The molecule has 0 aliphatic heterocycles. The highest BCUT2D eigenvalue weighted by molar-refractivity contribution is 7.19. The van der Waals surface area contributed by atoms with Crippen LogP contribution in [0.25, 0.3) is 22.4 Å². The second-order valence-electron chi connectivity index (χ2n) is 6.39. The maximum absolute atomic E-state index is 10.8. The molecule has 0 amide bonds.